The van der Waals surface area contributed by atoms with E-state index in [9.17, 15) is 13.5 Å². The molecule has 0 amide bonds. The fraction of sp³-hybridized carbons (Fsp3) is 0. The monoisotopic (exact) mass is 277 g/mol. The van der Waals surface area contributed by atoms with E-state index in [1.54, 1.807) is 24.3 Å². The summed E-state index contributed by atoms with van der Waals surface area (Å²) in [6, 6.07) is 12.4. The summed E-state index contributed by atoms with van der Waals surface area (Å²) in [5.41, 5.74) is 0.873. The maximum Gasteiger partial charge on any atom is 0.294 e. The lowest BCUT2D eigenvalue weighted by Gasteiger charge is -2.01. The van der Waals surface area contributed by atoms with Crippen molar-refractivity contribution in [3.8, 4) is 5.75 Å². The van der Waals surface area contributed by atoms with Crippen LogP contribution in [0, 0.1) is 0 Å². The summed E-state index contributed by atoms with van der Waals surface area (Å²) in [6.07, 6.45) is 1.33. The maximum atomic E-state index is 11.0. The molecule has 0 aliphatic rings. The molecule has 0 atom stereocenters. The van der Waals surface area contributed by atoms with Gasteiger partial charge in [0.25, 0.3) is 10.1 Å². The molecule has 98 valence electrons. The first-order valence-electron chi connectivity index (χ1n) is 5.36. The third-order valence-corrected chi connectivity index (χ3v) is 3.26. The number of para-hydroxylation sites is 1. The van der Waals surface area contributed by atoms with Crippen molar-refractivity contribution in [2.75, 3.05) is 0 Å². The topological polar surface area (TPSA) is 87.0 Å². The molecule has 0 aliphatic heterocycles. The number of hydrogen-bond acceptors (Lipinski definition) is 4. The minimum Gasteiger partial charge on any atom is -0.507 e. The molecular weight excluding hydrogens is 266 g/mol. The van der Waals surface area contributed by atoms with E-state index in [0.717, 1.165) is 12.1 Å². The molecule has 0 radical (unpaired) electrons. The van der Waals surface area contributed by atoms with Gasteiger partial charge in [-0.3, -0.25) is 9.55 Å². The van der Waals surface area contributed by atoms with Gasteiger partial charge >= 0.3 is 0 Å². The van der Waals surface area contributed by atoms with Crippen LogP contribution in [0.1, 0.15) is 5.56 Å². The quantitative estimate of drug-likeness (QED) is 0.666. The molecule has 2 aromatic rings. The Morgan fingerprint density at radius 3 is 2.37 bits per heavy atom. The molecule has 0 spiro atoms. The summed E-state index contributed by atoms with van der Waals surface area (Å²) in [5, 5.41) is 9.61. The highest BCUT2D eigenvalue weighted by atomic mass is 32.2. The molecule has 2 aromatic carbocycles. The van der Waals surface area contributed by atoms with E-state index in [0.29, 0.717) is 5.69 Å². The van der Waals surface area contributed by atoms with Crippen molar-refractivity contribution < 1.29 is 18.1 Å². The Hall–Kier alpha value is -2.18. The number of phenolic OH excluding ortho intramolecular Hbond substituents is 1. The highest BCUT2D eigenvalue weighted by molar-refractivity contribution is 7.85. The number of phenols is 1. The Kier molecular flexibility index (Phi) is 3.64. The highest BCUT2D eigenvalue weighted by Crippen LogP contribution is 2.20. The number of nitrogens with zero attached hydrogens (tertiary/aromatic N) is 1. The van der Waals surface area contributed by atoms with E-state index >= 15 is 0 Å². The van der Waals surface area contributed by atoms with Crippen LogP contribution < -0.4 is 0 Å². The van der Waals surface area contributed by atoms with E-state index in [-0.39, 0.29) is 16.2 Å². The molecular formula is C13H11NO4S. The number of rotatable bonds is 3. The van der Waals surface area contributed by atoms with Crippen LogP contribution in [0.15, 0.2) is 58.4 Å². The standard InChI is InChI=1S/C13H11NO4S/c15-13-7-6-12(19(16,17)18)8-10(13)9-14-11-4-2-1-3-5-11/h1-9,15H,(H,16,17,18)/b14-9+. The smallest absolute Gasteiger partial charge is 0.294 e. The van der Waals surface area contributed by atoms with Crippen LogP contribution in [0.25, 0.3) is 0 Å². The Morgan fingerprint density at radius 2 is 1.74 bits per heavy atom. The van der Waals surface area contributed by atoms with E-state index in [4.69, 9.17) is 4.55 Å². The fourth-order valence-electron chi connectivity index (χ4n) is 1.45. The molecule has 5 nitrogen and oxygen atoms in total. The summed E-state index contributed by atoms with van der Waals surface area (Å²) in [6.45, 7) is 0. The average Bonchev–Trinajstić information content (AvgIpc) is 2.37. The number of aromatic hydroxyl groups is 1. The molecule has 0 heterocycles. The van der Waals surface area contributed by atoms with Gasteiger partial charge in [0.05, 0.1) is 10.6 Å². The van der Waals surface area contributed by atoms with Gasteiger partial charge in [-0.2, -0.15) is 8.42 Å². The van der Waals surface area contributed by atoms with E-state index < -0.39 is 10.1 Å². The Morgan fingerprint density at radius 1 is 1.05 bits per heavy atom. The van der Waals surface area contributed by atoms with Crippen LogP contribution in [0.2, 0.25) is 0 Å². The van der Waals surface area contributed by atoms with Gasteiger partial charge in [0.2, 0.25) is 0 Å². The van der Waals surface area contributed by atoms with Gasteiger partial charge < -0.3 is 5.11 Å². The van der Waals surface area contributed by atoms with Crippen molar-refractivity contribution in [2.45, 2.75) is 4.90 Å². The molecule has 0 unspecified atom stereocenters. The minimum absolute atomic E-state index is 0.118. The van der Waals surface area contributed by atoms with Crippen LogP contribution in [0.5, 0.6) is 5.75 Å². The maximum absolute atomic E-state index is 11.0. The minimum atomic E-state index is -4.30. The van der Waals surface area contributed by atoms with E-state index in [1.165, 1.54) is 12.3 Å². The Bertz CT molecular complexity index is 709. The van der Waals surface area contributed by atoms with Crippen molar-refractivity contribution in [1.29, 1.82) is 0 Å². The molecule has 2 N–H and O–H groups in total. The normalized spacial score (nSPS) is 11.8. The fourth-order valence-corrected chi connectivity index (χ4v) is 1.97. The van der Waals surface area contributed by atoms with Gasteiger partial charge in [-0.25, -0.2) is 0 Å². The second-order valence-electron chi connectivity index (χ2n) is 3.79. The van der Waals surface area contributed by atoms with E-state index in [2.05, 4.69) is 4.99 Å². The van der Waals surface area contributed by atoms with Gasteiger partial charge in [0.15, 0.2) is 0 Å². The van der Waals surface area contributed by atoms with Crippen LogP contribution in [-0.4, -0.2) is 24.3 Å². The van der Waals surface area contributed by atoms with Crippen molar-refractivity contribution >= 4 is 22.0 Å². The molecule has 19 heavy (non-hydrogen) atoms. The second-order valence-corrected chi connectivity index (χ2v) is 5.21. The first-order valence-corrected chi connectivity index (χ1v) is 6.80. The molecule has 0 saturated heterocycles. The van der Waals surface area contributed by atoms with Crippen molar-refractivity contribution in [3.05, 3.63) is 54.1 Å². The third kappa shape index (κ3) is 3.40. The highest BCUT2D eigenvalue weighted by Gasteiger charge is 2.11. The SMILES string of the molecule is O=S(=O)(O)c1ccc(O)c(/C=N/c2ccccc2)c1. The number of aliphatic imine (C=N–C) groups is 1. The van der Waals surface area contributed by atoms with Crippen LogP contribution in [0.4, 0.5) is 5.69 Å². The molecule has 0 bridgehead atoms. The number of benzene rings is 2. The van der Waals surface area contributed by atoms with Gasteiger partial charge in [-0.1, -0.05) is 18.2 Å². The lowest BCUT2D eigenvalue weighted by Crippen LogP contribution is -1.98. The van der Waals surface area contributed by atoms with Crippen LogP contribution >= 0.6 is 0 Å². The number of hydrogen-bond donors (Lipinski definition) is 2. The summed E-state index contributed by atoms with van der Waals surface area (Å²) >= 11 is 0. The lowest BCUT2D eigenvalue weighted by molar-refractivity contribution is 0.472. The van der Waals surface area contributed by atoms with Gasteiger partial charge in [0.1, 0.15) is 5.75 Å². The largest absolute Gasteiger partial charge is 0.507 e. The molecule has 0 aromatic heterocycles. The predicted molar refractivity (Wildman–Crippen MR) is 71.6 cm³/mol. The molecule has 6 heteroatoms. The van der Waals surface area contributed by atoms with Crippen LogP contribution in [0.3, 0.4) is 0 Å². The summed E-state index contributed by atoms with van der Waals surface area (Å²) in [7, 11) is -4.30. The molecule has 0 saturated carbocycles. The first-order chi connectivity index (χ1) is 8.97. The summed E-state index contributed by atoms with van der Waals surface area (Å²) < 4.78 is 30.9. The predicted octanol–water partition coefficient (Wildman–Crippen LogP) is 2.39. The Labute approximate surface area is 110 Å². The zero-order valence-electron chi connectivity index (χ0n) is 9.76. The second kappa shape index (κ2) is 5.21. The zero-order valence-corrected chi connectivity index (χ0v) is 10.6. The summed E-state index contributed by atoms with van der Waals surface area (Å²) in [5.74, 6) is -0.118. The molecule has 2 rings (SSSR count). The van der Waals surface area contributed by atoms with Gasteiger partial charge in [0, 0.05) is 11.8 Å². The zero-order chi connectivity index (χ0) is 13.9. The van der Waals surface area contributed by atoms with Crippen molar-refractivity contribution in [1.82, 2.24) is 0 Å². The third-order valence-electron chi connectivity index (χ3n) is 2.41. The molecule has 0 aliphatic carbocycles. The lowest BCUT2D eigenvalue weighted by atomic mass is 10.2. The summed E-state index contributed by atoms with van der Waals surface area (Å²) in [4.78, 5) is 3.81. The van der Waals surface area contributed by atoms with Gasteiger partial charge in [-0.05, 0) is 30.3 Å². The van der Waals surface area contributed by atoms with E-state index in [1.807, 2.05) is 6.07 Å². The Balaban J connectivity index is 2.38. The average molecular weight is 277 g/mol. The van der Waals surface area contributed by atoms with Gasteiger partial charge in [-0.15, -0.1) is 0 Å². The van der Waals surface area contributed by atoms with Crippen LogP contribution in [-0.2, 0) is 10.1 Å². The van der Waals surface area contributed by atoms with Crippen molar-refractivity contribution in [2.24, 2.45) is 4.99 Å². The molecule has 0 fully saturated rings. The van der Waals surface area contributed by atoms with Crippen molar-refractivity contribution in [3.63, 3.8) is 0 Å². The first kappa shape index (κ1) is 13.3.